The average Bonchev–Trinajstić information content (AvgIpc) is 3.36. The third kappa shape index (κ3) is 4.66. The third-order valence-electron chi connectivity index (χ3n) is 5.04. The van der Waals surface area contributed by atoms with Crippen molar-refractivity contribution in [1.29, 1.82) is 0 Å². The average molecular weight is 433 g/mol. The Balaban J connectivity index is 0.000000806. The molecule has 30 heavy (non-hydrogen) atoms. The first-order valence-electron chi connectivity index (χ1n) is 9.31. The largest absolute Gasteiger partial charge is 0.483 e. The van der Waals surface area contributed by atoms with E-state index in [1.807, 2.05) is 41.1 Å². The third-order valence-corrected chi connectivity index (χ3v) is 7.00. The molecule has 1 aliphatic rings. The van der Waals surface area contributed by atoms with E-state index >= 15 is 0 Å². The molecular weight excluding hydrogens is 408 g/mol. The van der Waals surface area contributed by atoms with Crippen LogP contribution in [0.2, 0.25) is 0 Å². The van der Waals surface area contributed by atoms with Crippen LogP contribution in [0, 0.1) is 5.92 Å². The molecule has 1 fully saturated rings. The molecule has 1 saturated heterocycles. The molecule has 10 heteroatoms. The highest BCUT2D eigenvalue weighted by atomic mass is 32.2. The van der Waals surface area contributed by atoms with Crippen LogP contribution in [-0.4, -0.2) is 71.9 Å². The summed E-state index contributed by atoms with van der Waals surface area (Å²) in [4.78, 5) is 17.3. The first-order valence-corrected chi connectivity index (χ1v) is 10.9. The number of pyridine rings is 1. The van der Waals surface area contributed by atoms with E-state index in [2.05, 4.69) is 9.97 Å². The number of aromatic nitrogens is 3. The number of hydrogen-bond donors (Lipinski definition) is 1. The normalized spacial score (nSPS) is 18.9. The fraction of sp³-hybridized carbons (Fsp3) is 0.350. The first kappa shape index (κ1) is 21.9. The molecule has 0 bridgehead atoms. The maximum Gasteiger partial charge on any atom is 0.290 e. The van der Waals surface area contributed by atoms with Crippen molar-refractivity contribution in [3.8, 4) is 11.4 Å². The smallest absolute Gasteiger partial charge is 0.290 e. The minimum atomic E-state index is -3.30. The number of fused-ring (bicyclic) bond motifs is 1. The van der Waals surface area contributed by atoms with Crippen LogP contribution in [0.5, 0.6) is 0 Å². The number of hydrogen-bond acceptors (Lipinski definition) is 6. The van der Waals surface area contributed by atoms with Crippen LogP contribution >= 0.6 is 0 Å². The lowest BCUT2D eigenvalue weighted by Gasteiger charge is -2.22. The fourth-order valence-corrected chi connectivity index (χ4v) is 4.64. The van der Waals surface area contributed by atoms with Crippen LogP contribution in [0.3, 0.4) is 0 Å². The van der Waals surface area contributed by atoms with Crippen LogP contribution in [-0.2, 0) is 19.6 Å². The standard InChI is InChI=1S/C19H22N4O3S.CH2O2/c1-22(2)27(24,25)13-16-11-26-12-18(16)23-9-8-21-19(23)15-6-5-14-4-3-7-20-17(14)10-15;2-1-3/h3-10,16,18H,11-13H2,1-2H3;1H,(H,2,3)/t16-,18+;/m0./s1. The van der Waals surface area contributed by atoms with E-state index in [0.717, 1.165) is 22.3 Å². The second-order valence-corrected chi connectivity index (χ2v) is 9.33. The quantitative estimate of drug-likeness (QED) is 0.612. The number of carbonyl (C=O) groups is 1. The van der Waals surface area contributed by atoms with Gasteiger partial charge in [-0.1, -0.05) is 18.2 Å². The van der Waals surface area contributed by atoms with Crippen LogP contribution in [0.4, 0.5) is 0 Å². The summed E-state index contributed by atoms with van der Waals surface area (Å²) in [7, 11) is -0.182. The molecule has 3 aromatic rings. The van der Waals surface area contributed by atoms with E-state index in [0.29, 0.717) is 13.2 Å². The number of benzene rings is 1. The number of ether oxygens (including phenoxy) is 1. The van der Waals surface area contributed by atoms with Gasteiger partial charge in [-0.3, -0.25) is 9.78 Å². The molecule has 1 aromatic carbocycles. The van der Waals surface area contributed by atoms with Gasteiger partial charge < -0.3 is 14.4 Å². The second kappa shape index (κ2) is 9.33. The number of carboxylic acid groups (broad SMARTS) is 1. The SMILES string of the molecule is CN(C)S(=O)(=O)C[C@@H]1COC[C@H]1n1ccnc1-c1ccc2cccnc2c1.O=CO. The van der Waals surface area contributed by atoms with E-state index in [1.165, 1.54) is 4.31 Å². The van der Waals surface area contributed by atoms with Gasteiger partial charge in [0.2, 0.25) is 10.0 Å². The van der Waals surface area contributed by atoms with E-state index in [4.69, 9.17) is 14.6 Å². The molecule has 2 atom stereocenters. The Morgan fingerprint density at radius 2 is 2.00 bits per heavy atom. The molecule has 0 radical (unpaired) electrons. The summed E-state index contributed by atoms with van der Waals surface area (Å²) < 4.78 is 33.6. The lowest BCUT2D eigenvalue weighted by Crippen LogP contribution is -2.32. The van der Waals surface area contributed by atoms with Crippen molar-refractivity contribution in [3.05, 3.63) is 48.9 Å². The summed E-state index contributed by atoms with van der Waals surface area (Å²) in [6.07, 6.45) is 5.41. The van der Waals surface area contributed by atoms with Gasteiger partial charge >= 0.3 is 0 Å². The summed E-state index contributed by atoms with van der Waals surface area (Å²) in [6.45, 7) is 0.650. The molecule has 2 aromatic heterocycles. The molecule has 160 valence electrons. The fourth-order valence-electron chi connectivity index (χ4n) is 3.48. The van der Waals surface area contributed by atoms with Crippen molar-refractivity contribution in [2.24, 2.45) is 5.92 Å². The van der Waals surface area contributed by atoms with Crippen molar-refractivity contribution >= 4 is 27.4 Å². The summed E-state index contributed by atoms with van der Waals surface area (Å²) in [6, 6.07) is 9.91. The second-order valence-electron chi connectivity index (χ2n) is 7.10. The number of rotatable bonds is 5. The molecule has 9 nitrogen and oxygen atoms in total. The van der Waals surface area contributed by atoms with E-state index < -0.39 is 10.0 Å². The molecule has 3 heterocycles. The van der Waals surface area contributed by atoms with Crippen molar-refractivity contribution in [2.75, 3.05) is 33.1 Å². The van der Waals surface area contributed by atoms with E-state index in [9.17, 15) is 8.42 Å². The molecule has 4 rings (SSSR count). The lowest BCUT2D eigenvalue weighted by molar-refractivity contribution is -0.122. The minimum absolute atomic E-state index is 0.0571. The predicted octanol–water partition coefficient (Wildman–Crippen LogP) is 1.88. The lowest BCUT2D eigenvalue weighted by atomic mass is 10.1. The highest BCUT2D eigenvalue weighted by molar-refractivity contribution is 7.89. The van der Waals surface area contributed by atoms with Crippen molar-refractivity contribution in [1.82, 2.24) is 18.8 Å². The molecule has 0 spiro atoms. The zero-order valence-corrected chi connectivity index (χ0v) is 17.6. The van der Waals surface area contributed by atoms with Crippen molar-refractivity contribution in [3.63, 3.8) is 0 Å². The van der Waals surface area contributed by atoms with Crippen molar-refractivity contribution < 1.29 is 23.1 Å². The van der Waals surface area contributed by atoms with Crippen LogP contribution in [0.15, 0.2) is 48.9 Å². The molecule has 1 aliphatic heterocycles. The van der Waals surface area contributed by atoms with Crippen LogP contribution in [0.1, 0.15) is 6.04 Å². The van der Waals surface area contributed by atoms with Gasteiger partial charge in [0, 0.05) is 49.6 Å². The Morgan fingerprint density at radius 3 is 2.73 bits per heavy atom. The number of imidazole rings is 1. The maximum absolute atomic E-state index is 12.3. The summed E-state index contributed by atoms with van der Waals surface area (Å²) >= 11 is 0. The Hall–Kier alpha value is -2.82. The zero-order chi connectivity index (χ0) is 21.7. The van der Waals surface area contributed by atoms with Crippen LogP contribution < -0.4 is 0 Å². The van der Waals surface area contributed by atoms with Gasteiger partial charge in [0.25, 0.3) is 6.47 Å². The molecule has 0 aliphatic carbocycles. The van der Waals surface area contributed by atoms with Gasteiger partial charge in [-0.15, -0.1) is 0 Å². The van der Waals surface area contributed by atoms with E-state index in [1.54, 1.807) is 26.5 Å². The van der Waals surface area contributed by atoms with Gasteiger partial charge in [0.1, 0.15) is 5.82 Å². The molecular formula is C20H24N4O5S. The monoisotopic (exact) mass is 432 g/mol. The van der Waals surface area contributed by atoms with Crippen molar-refractivity contribution in [2.45, 2.75) is 6.04 Å². The molecule has 0 unspecified atom stereocenters. The summed E-state index contributed by atoms with van der Waals surface area (Å²) in [5, 5.41) is 7.96. The van der Waals surface area contributed by atoms with Gasteiger partial charge in [-0.2, -0.15) is 0 Å². The molecule has 0 amide bonds. The van der Waals surface area contributed by atoms with E-state index in [-0.39, 0.29) is 24.2 Å². The Bertz CT molecular complexity index is 1110. The number of sulfonamides is 1. The molecule has 1 N–H and O–H groups in total. The minimum Gasteiger partial charge on any atom is -0.483 e. The Kier molecular flexibility index (Phi) is 6.80. The Labute approximate surface area is 175 Å². The topological polar surface area (TPSA) is 115 Å². The summed E-state index contributed by atoms with van der Waals surface area (Å²) in [5.41, 5.74) is 1.85. The highest BCUT2D eigenvalue weighted by Crippen LogP contribution is 2.32. The van der Waals surface area contributed by atoms with Gasteiger partial charge in [-0.05, 0) is 12.1 Å². The van der Waals surface area contributed by atoms with Gasteiger partial charge in [0.15, 0.2) is 0 Å². The first-order chi connectivity index (χ1) is 14.4. The van der Waals surface area contributed by atoms with Gasteiger partial charge in [-0.25, -0.2) is 17.7 Å². The Morgan fingerprint density at radius 1 is 1.23 bits per heavy atom. The highest BCUT2D eigenvalue weighted by Gasteiger charge is 2.35. The van der Waals surface area contributed by atoms with Gasteiger partial charge in [0.05, 0.1) is 30.5 Å². The number of nitrogens with zero attached hydrogens (tertiary/aromatic N) is 4. The molecule has 0 saturated carbocycles. The van der Waals surface area contributed by atoms with Crippen LogP contribution in [0.25, 0.3) is 22.3 Å². The predicted molar refractivity (Wildman–Crippen MR) is 112 cm³/mol. The zero-order valence-electron chi connectivity index (χ0n) is 16.7. The maximum atomic E-state index is 12.3. The summed E-state index contributed by atoms with van der Waals surface area (Å²) in [5.74, 6) is 0.732.